The number of ether oxygens (including phenoxy) is 2. The van der Waals surface area contributed by atoms with Gasteiger partial charge < -0.3 is 14.6 Å². The number of carboxylic acids is 1. The van der Waals surface area contributed by atoms with Crippen LogP contribution >= 0.6 is 11.8 Å². The molecule has 114 valence electrons. The van der Waals surface area contributed by atoms with Crippen molar-refractivity contribution in [2.75, 3.05) is 20.3 Å². The maximum atomic E-state index is 10.7. The van der Waals surface area contributed by atoms with E-state index in [1.54, 1.807) is 13.2 Å². The molecule has 21 heavy (non-hydrogen) atoms. The molecule has 0 aliphatic carbocycles. The standard InChI is InChI=1S/C16H20O4S/c1-19-14-4-2-12(3-5-16(17)18)13(10-14)11-21-15-6-8-20-9-7-15/h2-5,10,15H,6-9,11H2,1H3,(H,17,18). The van der Waals surface area contributed by atoms with Gasteiger partial charge in [-0.05, 0) is 42.2 Å². The predicted octanol–water partition coefficient (Wildman–Crippen LogP) is 3.21. The minimum Gasteiger partial charge on any atom is -0.497 e. The average Bonchev–Trinajstić information content (AvgIpc) is 2.52. The SMILES string of the molecule is COc1ccc(C=CC(=O)O)c(CSC2CCOCC2)c1. The average molecular weight is 308 g/mol. The molecule has 0 saturated carbocycles. The highest BCUT2D eigenvalue weighted by atomic mass is 32.2. The van der Waals surface area contributed by atoms with Crippen LogP contribution in [-0.4, -0.2) is 36.6 Å². The highest BCUT2D eigenvalue weighted by molar-refractivity contribution is 7.99. The van der Waals surface area contributed by atoms with Gasteiger partial charge in [0.05, 0.1) is 7.11 Å². The predicted molar refractivity (Wildman–Crippen MR) is 84.8 cm³/mol. The number of thioether (sulfide) groups is 1. The lowest BCUT2D eigenvalue weighted by Crippen LogP contribution is -2.17. The van der Waals surface area contributed by atoms with Crippen molar-refractivity contribution in [1.82, 2.24) is 0 Å². The Kier molecular flexibility index (Phi) is 6.14. The third-order valence-corrected chi connectivity index (χ3v) is 4.82. The van der Waals surface area contributed by atoms with Crippen LogP contribution in [0.2, 0.25) is 0 Å². The summed E-state index contributed by atoms with van der Waals surface area (Å²) in [6, 6.07) is 5.73. The van der Waals surface area contributed by atoms with Crippen molar-refractivity contribution >= 4 is 23.8 Å². The van der Waals surface area contributed by atoms with E-state index in [2.05, 4.69) is 0 Å². The van der Waals surface area contributed by atoms with Gasteiger partial charge in [0.1, 0.15) is 5.75 Å². The summed E-state index contributed by atoms with van der Waals surface area (Å²) >= 11 is 1.90. The molecule has 1 saturated heterocycles. The van der Waals surface area contributed by atoms with E-state index >= 15 is 0 Å². The Balaban J connectivity index is 2.08. The lowest BCUT2D eigenvalue weighted by Gasteiger charge is -2.21. The van der Waals surface area contributed by atoms with Gasteiger partial charge in [-0.1, -0.05) is 6.07 Å². The topological polar surface area (TPSA) is 55.8 Å². The summed E-state index contributed by atoms with van der Waals surface area (Å²) in [5.41, 5.74) is 2.03. The molecule has 4 nitrogen and oxygen atoms in total. The molecule has 1 aromatic carbocycles. The zero-order chi connectivity index (χ0) is 15.1. The van der Waals surface area contributed by atoms with E-state index in [0.29, 0.717) is 5.25 Å². The first-order valence-electron chi connectivity index (χ1n) is 6.96. The maximum Gasteiger partial charge on any atom is 0.328 e. The minimum absolute atomic E-state index is 0.612. The number of aliphatic carboxylic acids is 1. The number of methoxy groups -OCH3 is 1. The third-order valence-electron chi connectivity index (χ3n) is 3.40. The fourth-order valence-electron chi connectivity index (χ4n) is 2.21. The Morgan fingerprint density at radius 3 is 2.90 bits per heavy atom. The van der Waals surface area contributed by atoms with E-state index in [1.807, 2.05) is 30.0 Å². The fraction of sp³-hybridized carbons (Fsp3) is 0.438. The van der Waals surface area contributed by atoms with Crippen molar-refractivity contribution in [2.24, 2.45) is 0 Å². The second-order valence-corrected chi connectivity index (χ2v) is 6.15. The molecule has 2 rings (SSSR count). The molecule has 1 fully saturated rings. The second-order valence-electron chi connectivity index (χ2n) is 4.86. The molecule has 0 amide bonds. The van der Waals surface area contributed by atoms with Crippen LogP contribution in [0, 0.1) is 0 Å². The first kappa shape index (κ1) is 15.9. The smallest absolute Gasteiger partial charge is 0.328 e. The van der Waals surface area contributed by atoms with Crippen LogP contribution in [-0.2, 0) is 15.3 Å². The van der Waals surface area contributed by atoms with Crippen LogP contribution in [0.15, 0.2) is 24.3 Å². The summed E-state index contributed by atoms with van der Waals surface area (Å²) in [5.74, 6) is 0.708. The molecule has 1 aliphatic heterocycles. The molecule has 0 bridgehead atoms. The molecular formula is C16H20O4S. The summed E-state index contributed by atoms with van der Waals surface area (Å²) in [4.78, 5) is 10.7. The van der Waals surface area contributed by atoms with Crippen LogP contribution in [0.25, 0.3) is 6.08 Å². The molecule has 1 aliphatic rings. The monoisotopic (exact) mass is 308 g/mol. The fourth-order valence-corrected chi connectivity index (χ4v) is 3.40. The van der Waals surface area contributed by atoms with E-state index < -0.39 is 5.97 Å². The third kappa shape index (κ3) is 5.10. The van der Waals surface area contributed by atoms with Gasteiger partial charge in [-0.25, -0.2) is 4.79 Å². The molecule has 0 aromatic heterocycles. The summed E-state index contributed by atoms with van der Waals surface area (Å²) < 4.78 is 10.6. The number of benzene rings is 1. The van der Waals surface area contributed by atoms with E-state index in [-0.39, 0.29) is 0 Å². The van der Waals surface area contributed by atoms with Crippen molar-refractivity contribution in [2.45, 2.75) is 23.8 Å². The Hall–Kier alpha value is -1.46. The lowest BCUT2D eigenvalue weighted by molar-refractivity contribution is -0.131. The zero-order valence-electron chi connectivity index (χ0n) is 12.1. The van der Waals surface area contributed by atoms with Crippen LogP contribution < -0.4 is 4.74 Å². The summed E-state index contributed by atoms with van der Waals surface area (Å²) in [6.07, 6.45) is 4.97. The number of carboxylic acid groups (broad SMARTS) is 1. The van der Waals surface area contributed by atoms with E-state index in [9.17, 15) is 4.79 Å². The van der Waals surface area contributed by atoms with Gasteiger partial charge >= 0.3 is 5.97 Å². The van der Waals surface area contributed by atoms with E-state index in [0.717, 1.165) is 48.7 Å². The molecule has 0 atom stereocenters. The van der Waals surface area contributed by atoms with Gasteiger partial charge in [-0.2, -0.15) is 11.8 Å². The molecule has 1 aromatic rings. The maximum absolute atomic E-state index is 10.7. The van der Waals surface area contributed by atoms with Crippen LogP contribution in [0.5, 0.6) is 5.75 Å². The van der Waals surface area contributed by atoms with Crippen molar-refractivity contribution in [3.63, 3.8) is 0 Å². The lowest BCUT2D eigenvalue weighted by atomic mass is 10.1. The van der Waals surface area contributed by atoms with Gasteiger partial charge in [0.15, 0.2) is 0 Å². The molecular weight excluding hydrogens is 288 g/mol. The van der Waals surface area contributed by atoms with Crippen LogP contribution in [0.4, 0.5) is 0 Å². The highest BCUT2D eigenvalue weighted by Gasteiger charge is 2.15. The van der Waals surface area contributed by atoms with Crippen molar-refractivity contribution in [1.29, 1.82) is 0 Å². The summed E-state index contributed by atoms with van der Waals surface area (Å²) in [6.45, 7) is 1.67. The Morgan fingerprint density at radius 1 is 1.48 bits per heavy atom. The van der Waals surface area contributed by atoms with Crippen molar-refractivity contribution in [3.05, 3.63) is 35.4 Å². The minimum atomic E-state index is -0.936. The van der Waals surface area contributed by atoms with E-state index in [4.69, 9.17) is 14.6 Å². The van der Waals surface area contributed by atoms with E-state index in [1.165, 1.54) is 6.08 Å². The number of hydrogen-bond donors (Lipinski definition) is 1. The zero-order valence-corrected chi connectivity index (χ0v) is 12.9. The molecule has 0 spiro atoms. The first-order valence-corrected chi connectivity index (χ1v) is 8.01. The molecule has 5 heteroatoms. The van der Waals surface area contributed by atoms with Gasteiger partial charge in [0, 0.05) is 30.3 Å². The van der Waals surface area contributed by atoms with Crippen LogP contribution in [0.3, 0.4) is 0 Å². The summed E-state index contributed by atoms with van der Waals surface area (Å²) in [5, 5.41) is 9.38. The highest BCUT2D eigenvalue weighted by Crippen LogP contribution is 2.29. The van der Waals surface area contributed by atoms with Crippen molar-refractivity contribution in [3.8, 4) is 5.75 Å². The molecule has 0 radical (unpaired) electrons. The largest absolute Gasteiger partial charge is 0.497 e. The summed E-state index contributed by atoms with van der Waals surface area (Å²) in [7, 11) is 1.64. The number of carbonyl (C=O) groups is 1. The Labute approximate surface area is 129 Å². The van der Waals surface area contributed by atoms with Crippen LogP contribution in [0.1, 0.15) is 24.0 Å². The number of hydrogen-bond acceptors (Lipinski definition) is 4. The Bertz CT molecular complexity index is 507. The molecule has 1 heterocycles. The van der Waals surface area contributed by atoms with Crippen molar-refractivity contribution < 1.29 is 19.4 Å². The Morgan fingerprint density at radius 2 is 2.24 bits per heavy atom. The second kappa shape index (κ2) is 8.10. The molecule has 1 N–H and O–H groups in total. The number of rotatable bonds is 6. The quantitative estimate of drug-likeness (QED) is 0.818. The van der Waals surface area contributed by atoms with Gasteiger partial charge in [-0.3, -0.25) is 0 Å². The molecule has 0 unspecified atom stereocenters. The van der Waals surface area contributed by atoms with Gasteiger partial charge in [0.2, 0.25) is 0 Å². The normalized spacial score (nSPS) is 16.2. The van der Waals surface area contributed by atoms with Gasteiger partial charge in [0.25, 0.3) is 0 Å². The van der Waals surface area contributed by atoms with Gasteiger partial charge in [-0.15, -0.1) is 0 Å². The first-order chi connectivity index (χ1) is 10.2.